The number of likely N-dealkylation sites (tertiary alicyclic amines) is 1. The molecule has 1 amide bonds. The number of piperidine rings is 1. The first-order valence-electron chi connectivity index (χ1n) is 6.80. The molecule has 0 unspecified atom stereocenters. The molecule has 0 aliphatic carbocycles. The molecule has 0 aromatic heterocycles. The van der Waals surface area contributed by atoms with Gasteiger partial charge in [-0.3, -0.25) is 0 Å². The molecule has 0 bridgehead atoms. The lowest BCUT2D eigenvalue weighted by Gasteiger charge is -2.39. The first-order valence-corrected chi connectivity index (χ1v) is 8.32. The van der Waals surface area contributed by atoms with Crippen molar-refractivity contribution in [2.45, 2.75) is 59.0 Å². The highest BCUT2D eigenvalue weighted by atomic mass is 127. The van der Waals surface area contributed by atoms with E-state index < -0.39 is 0 Å². The Labute approximate surface area is 125 Å². The highest BCUT2D eigenvalue weighted by molar-refractivity contribution is 14.1. The number of nitrogens with zero attached hydrogens (tertiary/aromatic N) is 1. The summed E-state index contributed by atoms with van der Waals surface area (Å²) in [7, 11) is 0. The van der Waals surface area contributed by atoms with Gasteiger partial charge in [-0.2, -0.15) is 0 Å². The van der Waals surface area contributed by atoms with Crippen LogP contribution >= 0.6 is 22.6 Å². The molecule has 3 nitrogen and oxygen atoms in total. The molecule has 1 heterocycles. The summed E-state index contributed by atoms with van der Waals surface area (Å²) in [6.07, 6.45) is 4.60. The zero-order valence-electron chi connectivity index (χ0n) is 12.1. The fourth-order valence-electron chi connectivity index (χ4n) is 2.30. The number of rotatable bonds is 3. The lowest BCUT2D eigenvalue weighted by Crippen LogP contribution is -2.44. The second kappa shape index (κ2) is 6.44. The average Bonchev–Trinajstić information content (AvgIpc) is 2.25. The Bertz CT molecular complexity index is 278. The van der Waals surface area contributed by atoms with Crippen LogP contribution in [0.4, 0.5) is 4.79 Å². The largest absolute Gasteiger partial charge is 0.444 e. The van der Waals surface area contributed by atoms with Crippen molar-refractivity contribution in [1.29, 1.82) is 0 Å². The molecule has 0 aromatic rings. The monoisotopic (exact) mass is 367 g/mol. The number of ether oxygens (including phenoxy) is 1. The minimum atomic E-state index is -0.390. The number of alkyl halides is 1. The predicted molar refractivity (Wildman–Crippen MR) is 83.3 cm³/mol. The number of amides is 1. The number of hydrogen-bond donors (Lipinski definition) is 0. The van der Waals surface area contributed by atoms with Crippen molar-refractivity contribution in [2.75, 3.05) is 17.5 Å². The summed E-state index contributed by atoms with van der Waals surface area (Å²) in [6.45, 7) is 9.78. The molecule has 4 heteroatoms. The molecule has 0 N–H and O–H groups in total. The molecule has 0 spiro atoms. The van der Waals surface area contributed by atoms with Crippen LogP contribution in [-0.2, 0) is 4.74 Å². The van der Waals surface area contributed by atoms with E-state index in [1.54, 1.807) is 0 Å². The van der Waals surface area contributed by atoms with Gasteiger partial charge in [0.2, 0.25) is 0 Å². The van der Waals surface area contributed by atoms with Gasteiger partial charge in [0.15, 0.2) is 0 Å². The van der Waals surface area contributed by atoms with E-state index >= 15 is 0 Å². The average molecular weight is 367 g/mol. The normalized spacial score (nSPS) is 19.7. The van der Waals surface area contributed by atoms with Gasteiger partial charge in [-0.1, -0.05) is 29.5 Å². The van der Waals surface area contributed by atoms with Gasteiger partial charge >= 0.3 is 6.09 Å². The summed E-state index contributed by atoms with van der Waals surface area (Å²) in [4.78, 5) is 13.8. The molecule has 106 valence electrons. The summed E-state index contributed by atoms with van der Waals surface area (Å²) in [5.74, 6) is 0. The van der Waals surface area contributed by atoms with E-state index in [4.69, 9.17) is 4.74 Å². The zero-order chi connectivity index (χ0) is 13.8. The van der Waals surface area contributed by atoms with Crippen LogP contribution in [0, 0.1) is 5.41 Å². The topological polar surface area (TPSA) is 29.5 Å². The van der Waals surface area contributed by atoms with Crippen LogP contribution in [0.2, 0.25) is 0 Å². The Balaban J connectivity index is 2.41. The highest BCUT2D eigenvalue weighted by Gasteiger charge is 2.32. The minimum Gasteiger partial charge on any atom is -0.444 e. The fraction of sp³-hybridized carbons (Fsp3) is 0.929. The van der Waals surface area contributed by atoms with Crippen LogP contribution in [0.3, 0.4) is 0 Å². The van der Waals surface area contributed by atoms with Gasteiger partial charge in [0.05, 0.1) is 0 Å². The van der Waals surface area contributed by atoms with Gasteiger partial charge in [-0.05, 0) is 56.3 Å². The van der Waals surface area contributed by atoms with Gasteiger partial charge in [0, 0.05) is 13.1 Å². The predicted octanol–water partition coefficient (Wildman–Crippen LogP) is 4.24. The van der Waals surface area contributed by atoms with E-state index in [-0.39, 0.29) is 11.7 Å². The molecule has 0 radical (unpaired) electrons. The van der Waals surface area contributed by atoms with Crippen LogP contribution in [0.15, 0.2) is 0 Å². The van der Waals surface area contributed by atoms with Crippen molar-refractivity contribution in [3.8, 4) is 0 Å². The maximum absolute atomic E-state index is 11.9. The maximum Gasteiger partial charge on any atom is 0.410 e. The minimum absolute atomic E-state index is 0.154. The maximum atomic E-state index is 11.9. The van der Waals surface area contributed by atoms with E-state index in [2.05, 4.69) is 29.5 Å². The molecule has 0 aromatic carbocycles. The van der Waals surface area contributed by atoms with E-state index in [1.165, 1.54) is 17.3 Å². The molecular weight excluding hydrogens is 341 g/mol. The fourth-order valence-corrected chi connectivity index (χ4v) is 2.68. The lowest BCUT2D eigenvalue weighted by molar-refractivity contribution is 0.0110. The first-order chi connectivity index (χ1) is 8.26. The second-order valence-corrected chi connectivity index (χ2v) is 7.65. The van der Waals surface area contributed by atoms with Crippen molar-refractivity contribution in [1.82, 2.24) is 4.90 Å². The zero-order valence-corrected chi connectivity index (χ0v) is 14.2. The van der Waals surface area contributed by atoms with Crippen molar-refractivity contribution < 1.29 is 9.53 Å². The highest BCUT2D eigenvalue weighted by Crippen LogP contribution is 2.36. The van der Waals surface area contributed by atoms with Gasteiger partial charge in [0.1, 0.15) is 5.60 Å². The van der Waals surface area contributed by atoms with Crippen molar-refractivity contribution in [2.24, 2.45) is 5.41 Å². The molecule has 1 saturated heterocycles. The van der Waals surface area contributed by atoms with Crippen molar-refractivity contribution in [3.63, 3.8) is 0 Å². The third-order valence-corrected chi connectivity index (χ3v) is 4.30. The summed E-state index contributed by atoms with van der Waals surface area (Å²) < 4.78 is 6.64. The van der Waals surface area contributed by atoms with Crippen molar-refractivity contribution >= 4 is 28.7 Å². The van der Waals surface area contributed by atoms with E-state index in [0.29, 0.717) is 5.41 Å². The third kappa shape index (κ3) is 5.33. The number of hydrogen-bond acceptors (Lipinski definition) is 2. The van der Waals surface area contributed by atoms with Crippen LogP contribution in [-0.4, -0.2) is 34.1 Å². The SMILES string of the molecule is CC1(CCCI)CCN(C(=O)OC(C)(C)C)CC1. The molecule has 1 rings (SSSR count). The van der Waals surface area contributed by atoms with Crippen LogP contribution < -0.4 is 0 Å². The Morgan fingerprint density at radius 2 is 1.89 bits per heavy atom. The standard InChI is InChI=1S/C14H26INO2/c1-13(2,3)18-12(17)16-10-7-14(4,8-11-16)6-5-9-15/h5-11H2,1-4H3. The Morgan fingerprint density at radius 1 is 1.33 bits per heavy atom. The van der Waals surface area contributed by atoms with Gasteiger partial charge in [-0.15, -0.1) is 0 Å². The molecule has 0 atom stereocenters. The summed E-state index contributed by atoms with van der Waals surface area (Å²) in [5, 5.41) is 0. The van der Waals surface area contributed by atoms with E-state index in [0.717, 1.165) is 25.9 Å². The number of halogens is 1. The Morgan fingerprint density at radius 3 is 2.33 bits per heavy atom. The third-order valence-electron chi connectivity index (χ3n) is 3.54. The second-order valence-electron chi connectivity index (χ2n) is 6.57. The molecule has 1 fully saturated rings. The molecule has 0 saturated carbocycles. The van der Waals surface area contributed by atoms with Crippen LogP contribution in [0.1, 0.15) is 53.4 Å². The van der Waals surface area contributed by atoms with Gasteiger partial charge < -0.3 is 9.64 Å². The summed E-state index contributed by atoms with van der Waals surface area (Å²) in [5.41, 5.74) is 0.0305. The van der Waals surface area contributed by atoms with Gasteiger partial charge in [-0.25, -0.2) is 4.79 Å². The number of carbonyl (C=O) groups is 1. The van der Waals surface area contributed by atoms with Crippen LogP contribution in [0.5, 0.6) is 0 Å². The Hall–Kier alpha value is 0. The van der Waals surface area contributed by atoms with E-state index in [1.807, 2.05) is 25.7 Å². The van der Waals surface area contributed by atoms with Crippen LogP contribution in [0.25, 0.3) is 0 Å². The van der Waals surface area contributed by atoms with Crippen molar-refractivity contribution in [3.05, 3.63) is 0 Å². The Kier molecular flexibility index (Phi) is 5.74. The smallest absolute Gasteiger partial charge is 0.410 e. The molecular formula is C14H26INO2. The van der Waals surface area contributed by atoms with E-state index in [9.17, 15) is 4.79 Å². The molecule has 1 aliphatic rings. The lowest BCUT2D eigenvalue weighted by atomic mass is 9.77. The summed E-state index contributed by atoms with van der Waals surface area (Å²) in [6, 6.07) is 0. The molecule has 1 aliphatic heterocycles. The van der Waals surface area contributed by atoms with Gasteiger partial charge in [0.25, 0.3) is 0 Å². The molecule has 18 heavy (non-hydrogen) atoms. The number of carbonyl (C=O) groups excluding carboxylic acids is 1. The first kappa shape index (κ1) is 16.1. The summed E-state index contributed by atoms with van der Waals surface area (Å²) >= 11 is 2.44. The quantitative estimate of drug-likeness (QED) is 0.552.